The van der Waals surface area contributed by atoms with Gasteiger partial charge in [-0.15, -0.1) is 0 Å². The van der Waals surface area contributed by atoms with Gasteiger partial charge in [0.2, 0.25) is 0 Å². The molecule has 6 nitrogen and oxygen atoms in total. The van der Waals surface area contributed by atoms with Gasteiger partial charge in [0.1, 0.15) is 5.69 Å². The van der Waals surface area contributed by atoms with E-state index in [9.17, 15) is 13.2 Å². The number of piperidine rings is 1. The average molecular weight is 515 g/mol. The van der Waals surface area contributed by atoms with Gasteiger partial charge < -0.3 is 5.32 Å². The molecule has 9 heteroatoms. The summed E-state index contributed by atoms with van der Waals surface area (Å²) in [6.07, 6.45) is 6.36. The van der Waals surface area contributed by atoms with E-state index in [-0.39, 0.29) is 0 Å². The van der Waals surface area contributed by atoms with E-state index >= 15 is 0 Å². The third-order valence-electron chi connectivity index (χ3n) is 5.55. The van der Waals surface area contributed by atoms with Crippen molar-refractivity contribution in [2.75, 3.05) is 18.4 Å². The highest BCUT2D eigenvalue weighted by Crippen LogP contribution is 2.27. The normalized spacial score (nSPS) is 13.5. The summed E-state index contributed by atoms with van der Waals surface area (Å²) in [7, 11) is 0. The molecule has 0 spiro atoms. The van der Waals surface area contributed by atoms with Crippen LogP contribution in [-0.4, -0.2) is 38.2 Å². The molecule has 1 aliphatic heterocycles. The lowest BCUT2D eigenvalue weighted by molar-refractivity contribution is -0.141. The molecule has 2 N–H and O–H groups in total. The summed E-state index contributed by atoms with van der Waals surface area (Å²) >= 11 is 0. The van der Waals surface area contributed by atoms with Crippen LogP contribution in [0.25, 0.3) is 11.3 Å². The Morgan fingerprint density at radius 1 is 1.05 bits per heavy atom. The van der Waals surface area contributed by atoms with Crippen LogP contribution >= 0.6 is 0 Å². The van der Waals surface area contributed by atoms with Gasteiger partial charge in [0, 0.05) is 36.4 Å². The monoisotopic (exact) mass is 514 g/mol. The van der Waals surface area contributed by atoms with Crippen molar-refractivity contribution >= 4 is 17.0 Å². The Balaban J connectivity index is 0.000000311. The number of anilines is 1. The second kappa shape index (κ2) is 14.3. The number of aromatic amines is 1. The van der Waals surface area contributed by atoms with Gasteiger partial charge in [0.15, 0.2) is 0 Å². The zero-order valence-electron chi connectivity index (χ0n) is 22.1. The Morgan fingerprint density at radius 2 is 1.76 bits per heavy atom. The Bertz CT molecular complexity index is 1130. The van der Waals surface area contributed by atoms with Gasteiger partial charge in [0.25, 0.3) is 0 Å². The largest absolute Gasteiger partial charge is 0.433 e. The number of pyridine rings is 2. The number of rotatable bonds is 6. The molecule has 0 atom stereocenters. The van der Waals surface area contributed by atoms with Gasteiger partial charge in [-0.1, -0.05) is 39.5 Å². The Hall–Kier alpha value is -3.46. The van der Waals surface area contributed by atoms with Crippen molar-refractivity contribution in [1.29, 1.82) is 0 Å². The first-order valence-corrected chi connectivity index (χ1v) is 12.4. The standard InChI is InChI=1S/C19H25N5.C7H6F3N.C2H6/c1-14(2)19-18(12-21-23-19)22-15(3)17-9-16(10-20-11-17)13-24-7-5-4-6-8-24;1-5-2-3-6(11-4-5)7(8,9)10;1-2/h9-12,22H,1,3-8,13H2,2H3,(H,21,23);2-4H,1H3;1-2H3. The highest BCUT2D eigenvalue weighted by Gasteiger charge is 2.31. The first-order valence-electron chi connectivity index (χ1n) is 12.4. The molecule has 0 amide bonds. The smallest absolute Gasteiger partial charge is 0.352 e. The Labute approximate surface area is 217 Å². The number of aryl methyl sites for hydroxylation is 1. The van der Waals surface area contributed by atoms with Crippen molar-refractivity contribution in [1.82, 2.24) is 25.1 Å². The quantitative estimate of drug-likeness (QED) is 0.360. The molecule has 3 aromatic rings. The van der Waals surface area contributed by atoms with Crippen molar-refractivity contribution < 1.29 is 13.2 Å². The van der Waals surface area contributed by atoms with Crippen LogP contribution in [0.2, 0.25) is 0 Å². The molecule has 1 aliphatic rings. The number of nitrogens with one attached hydrogen (secondary N) is 2. The lowest BCUT2D eigenvalue weighted by Gasteiger charge is -2.26. The fourth-order valence-corrected chi connectivity index (χ4v) is 3.69. The van der Waals surface area contributed by atoms with E-state index in [1.54, 1.807) is 13.1 Å². The summed E-state index contributed by atoms with van der Waals surface area (Å²) in [5, 5.41) is 10.3. The van der Waals surface area contributed by atoms with E-state index in [2.05, 4.69) is 49.6 Å². The zero-order chi connectivity index (χ0) is 27.4. The summed E-state index contributed by atoms with van der Waals surface area (Å²) < 4.78 is 35.6. The second-order valence-corrected chi connectivity index (χ2v) is 8.68. The van der Waals surface area contributed by atoms with Crippen LogP contribution in [-0.2, 0) is 12.7 Å². The highest BCUT2D eigenvalue weighted by molar-refractivity contribution is 5.80. The SMILES string of the molecule is C=C(Nc1cn[nH]c1C(=C)C)c1cncc(CN2CCCCC2)c1.CC.Cc1ccc(C(F)(F)F)nc1. The fourth-order valence-electron chi connectivity index (χ4n) is 3.69. The van der Waals surface area contributed by atoms with Crippen LogP contribution in [0.3, 0.4) is 0 Å². The molecule has 0 aliphatic carbocycles. The minimum atomic E-state index is -4.33. The second-order valence-electron chi connectivity index (χ2n) is 8.68. The zero-order valence-corrected chi connectivity index (χ0v) is 22.1. The van der Waals surface area contributed by atoms with Gasteiger partial charge in [-0.2, -0.15) is 18.3 Å². The number of hydrogen-bond donors (Lipinski definition) is 2. The van der Waals surface area contributed by atoms with Crippen molar-refractivity contribution in [3.8, 4) is 0 Å². The van der Waals surface area contributed by atoms with Crippen molar-refractivity contribution in [2.24, 2.45) is 0 Å². The van der Waals surface area contributed by atoms with E-state index in [1.165, 1.54) is 50.2 Å². The minimum Gasteiger partial charge on any atom is -0.352 e. The molecular formula is C28H37F3N6. The molecule has 37 heavy (non-hydrogen) atoms. The minimum absolute atomic E-state index is 0.720. The number of H-pyrrole nitrogens is 1. The van der Waals surface area contributed by atoms with E-state index < -0.39 is 11.9 Å². The van der Waals surface area contributed by atoms with Crippen LogP contribution in [0.1, 0.15) is 68.1 Å². The topological polar surface area (TPSA) is 69.7 Å². The maximum absolute atomic E-state index is 11.9. The fraction of sp³-hybridized carbons (Fsp3) is 0.393. The Kier molecular flexibility index (Phi) is 11.5. The molecule has 0 unspecified atom stereocenters. The first-order chi connectivity index (χ1) is 17.6. The molecule has 4 heterocycles. The molecule has 1 fully saturated rings. The van der Waals surface area contributed by atoms with E-state index in [1.807, 2.05) is 33.2 Å². The van der Waals surface area contributed by atoms with Crippen LogP contribution < -0.4 is 5.32 Å². The first kappa shape index (κ1) is 29.8. The molecule has 0 aromatic carbocycles. The van der Waals surface area contributed by atoms with Crippen LogP contribution in [0, 0.1) is 6.92 Å². The van der Waals surface area contributed by atoms with Gasteiger partial charge in [0.05, 0.1) is 17.6 Å². The van der Waals surface area contributed by atoms with Crippen molar-refractivity contribution in [2.45, 2.75) is 59.7 Å². The predicted octanol–water partition coefficient (Wildman–Crippen LogP) is 7.34. The van der Waals surface area contributed by atoms with Crippen molar-refractivity contribution in [3.05, 3.63) is 84.2 Å². The van der Waals surface area contributed by atoms with Gasteiger partial charge in [-0.05, 0) is 68.6 Å². The lowest BCUT2D eigenvalue weighted by atomic mass is 10.1. The Morgan fingerprint density at radius 3 is 2.35 bits per heavy atom. The molecular weight excluding hydrogens is 477 g/mol. The van der Waals surface area contributed by atoms with E-state index in [0.717, 1.165) is 46.4 Å². The van der Waals surface area contributed by atoms with Gasteiger partial charge in [-0.3, -0.25) is 20.0 Å². The molecule has 3 aromatic heterocycles. The summed E-state index contributed by atoms with van der Waals surface area (Å²) in [5.74, 6) is 0. The van der Waals surface area contributed by atoms with Crippen molar-refractivity contribution in [3.63, 3.8) is 0 Å². The summed E-state index contributed by atoms with van der Waals surface area (Å²) in [5.41, 5.74) is 5.62. The predicted molar refractivity (Wildman–Crippen MR) is 145 cm³/mol. The molecule has 0 saturated carbocycles. The van der Waals surface area contributed by atoms with Crippen LogP contribution in [0.4, 0.5) is 18.9 Å². The molecule has 1 saturated heterocycles. The van der Waals surface area contributed by atoms with E-state index in [4.69, 9.17) is 0 Å². The molecule has 4 rings (SSSR count). The summed E-state index contributed by atoms with van der Waals surface area (Å²) in [4.78, 5) is 10.1. The number of nitrogens with zero attached hydrogens (tertiary/aromatic N) is 4. The van der Waals surface area contributed by atoms with Crippen LogP contribution in [0.15, 0.2) is 56.1 Å². The third-order valence-corrected chi connectivity index (χ3v) is 5.55. The summed E-state index contributed by atoms with van der Waals surface area (Å²) in [6.45, 7) is 19.1. The number of hydrogen-bond acceptors (Lipinski definition) is 5. The average Bonchev–Trinajstić information content (AvgIpc) is 3.35. The lowest BCUT2D eigenvalue weighted by Crippen LogP contribution is -2.29. The number of aromatic nitrogens is 4. The number of alkyl halides is 3. The number of allylic oxidation sites excluding steroid dienone is 1. The molecule has 200 valence electrons. The van der Waals surface area contributed by atoms with Gasteiger partial charge >= 0.3 is 6.18 Å². The maximum atomic E-state index is 11.9. The highest BCUT2D eigenvalue weighted by atomic mass is 19.4. The maximum Gasteiger partial charge on any atom is 0.433 e. The number of likely N-dealkylation sites (tertiary alicyclic amines) is 1. The van der Waals surface area contributed by atoms with Gasteiger partial charge in [-0.25, -0.2) is 0 Å². The number of halogens is 3. The molecule has 0 bridgehead atoms. The summed E-state index contributed by atoms with van der Waals surface area (Å²) in [6, 6.07) is 4.52. The van der Waals surface area contributed by atoms with Crippen LogP contribution in [0.5, 0.6) is 0 Å². The third kappa shape index (κ3) is 9.49. The molecule has 0 radical (unpaired) electrons. The van der Waals surface area contributed by atoms with E-state index in [0.29, 0.717) is 0 Å².